The molecule has 6 N–H and O–H groups in total. The molecular formula is C3H6O9Yb2. The van der Waals surface area contributed by atoms with Gasteiger partial charge in [0.25, 0.3) is 0 Å². The zero-order valence-electron chi connectivity index (χ0n) is 5.94. The molecular weight excluding hydrogens is 526 g/mol. The van der Waals surface area contributed by atoms with E-state index in [1.54, 1.807) is 0 Å². The van der Waals surface area contributed by atoms with Gasteiger partial charge in [-0.15, -0.1) is 0 Å². The van der Waals surface area contributed by atoms with Gasteiger partial charge in [-0.25, -0.2) is 14.4 Å². The predicted molar refractivity (Wildman–Crippen MR) is 32.0 cm³/mol. The SMILES string of the molecule is O=C(O)O.O=C(O)O.O=C(O)O.[Yb].[Yb]. The summed E-state index contributed by atoms with van der Waals surface area (Å²) in [6.07, 6.45) is -5.50. The first kappa shape index (κ1) is 29.4. The van der Waals surface area contributed by atoms with Crippen LogP contribution in [0.3, 0.4) is 0 Å². The van der Waals surface area contributed by atoms with Crippen molar-refractivity contribution in [1.82, 2.24) is 0 Å². The first-order chi connectivity index (χ1) is 5.20. The Labute approximate surface area is 154 Å². The number of rotatable bonds is 0. The van der Waals surface area contributed by atoms with E-state index >= 15 is 0 Å². The van der Waals surface area contributed by atoms with Crippen LogP contribution in [0.4, 0.5) is 14.4 Å². The average molecular weight is 532 g/mol. The monoisotopic (exact) mass is 534 g/mol. The minimum atomic E-state index is -1.83. The average Bonchev–Trinajstić information content (AvgIpc) is 1.54. The molecule has 0 aliphatic rings. The standard InChI is InChI=1S/3CH2O3.2Yb/c3*2-1(3)4;;/h3*(H2,2,3,4);;. The van der Waals surface area contributed by atoms with Gasteiger partial charge in [0.05, 0.1) is 0 Å². The summed E-state index contributed by atoms with van der Waals surface area (Å²) in [5.74, 6) is 0. The summed E-state index contributed by atoms with van der Waals surface area (Å²) in [6.45, 7) is 0. The molecule has 100 valence electrons. The molecule has 0 aromatic heterocycles. The summed E-state index contributed by atoms with van der Waals surface area (Å²) in [6, 6.07) is 0. The fourth-order valence-corrected chi connectivity index (χ4v) is 0. The van der Waals surface area contributed by atoms with Gasteiger partial charge in [-0.05, 0) is 0 Å². The van der Waals surface area contributed by atoms with Crippen molar-refractivity contribution in [2.24, 2.45) is 0 Å². The third kappa shape index (κ3) is 2500. The maximum Gasteiger partial charge on any atom is 0.503 e. The molecule has 0 aromatic rings. The van der Waals surface area contributed by atoms with Crippen LogP contribution >= 0.6 is 0 Å². The van der Waals surface area contributed by atoms with Crippen molar-refractivity contribution >= 4 is 18.5 Å². The maximum absolute atomic E-state index is 8.56. The topological polar surface area (TPSA) is 173 Å². The van der Waals surface area contributed by atoms with Gasteiger partial charge in [0, 0.05) is 93.8 Å². The molecule has 11 heteroatoms. The van der Waals surface area contributed by atoms with E-state index in [0.29, 0.717) is 0 Å². The summed E-state index contributed by atoms with van der Waals surface area (Å²) in [5.41, 5.74) is 0. The normalized spacial score (nSPS) is 5.14. The molecule has 14 heavy (non-hydrogen) atoms. The second kappa shape index (κ2) is 23.6. The number of hydrogen-bond acceptors (Lipinski definition) is 3. The van der Waals surface area contributed by atoms with E-state index < -0.39 is 18.5 Å². The van der Waals surface area contributed by atoms with E-state index in [1.165, 1.54) is 0 Å². The molecule has 0 atom stereocenters. The Morgan fingerprint density at radius 1 is 0.500 bits per heavy atom. The Morgan fingerprint density at radius 2 is 0.500 bits per heavy atom. The van der Waals surface area contributed by atoms with Crippen LogP contribution in [0, 0.1) is 93.8 Å². The van der Waals surface area contributed by atoms with Gasteiger partial charge in [-0.1, -0.05) is 0 Å². The molecule has 0 saturated carbocycles. The van der Waals surface area contributed by atoms with Crippen LogP contribution in [0.2, 0.25) is 0 Å². The van der Waals surface area contributed by atoms with Gasteiger partial charge in [-0.2, -0.15) is 0 Å². The maximum atomic E-state index is 8.56. The second-order valence-corrected chi connectivity index (χ2v) is 0.848. The predicted octanol–water partition coefficient (Wildman–Crippen LogP) is 0.667. The quantitative estimate of drug-likeness (QED) is 0.262. The molecule has 0 heterocycles. The fraction of sp³-hybridized carbons (Fsp3) is 0. The zero-order valence-corrected chi connectivity index (χ0v) is 9.37. The Hall–Kier alpha value is 0.849. The van der Waals surface area contributed by atoms with E-state index in [0.717, 1.165) is 0 Å². The third-order valence-corrected chi connectivity index (χ3v) is 0. The molecule has 0 fully saturated rings. The molecule has 0 rings (SSSR count). The van der Waals surface area contributed by atoms with E-state index in [9.17, 15) is 0 Å². The Kier molecular flexibility index (Phi) is 49.4. The first-order valence-corrected chi connectivity index (χ1v) is 1.95. The van der Waals surface area contributed by atoms with Crippen molar-refractivity contribution in [2.45, 2.75) is 0 Å². The van der Waals surface area contributed by atoms with Gasteiger partial charge in [-0.3, -0.25) is 0 Å². The van der Waals surface area contributed by atoms with Gasteiger partial charge in [0.15, 0.2) is 0 Å². The van der Waals surface area contributed by atoms with Crippen LogP contribution in [0.15, 0.2) is 0 Å². The van der Waals surface area contributed by atoms with Crippen LogP contribution in [0.5, 0.6) is 0 Å². The van der Waals surface area contributed by atoms with E-state index in [4.69, 9.17) is 45.0 Å². The van der Waals surface area contributed by atoms with Crippen LogP contribution in [0.25, 0.3) is 0 Å². The van der Waals surface area contributed by atoms with Crippen molar-refractivity contribution < 1.29 is 139 Å². The molecule has 0 spiro atoms. The van der Waals surface area contributed by atoms with Crippen molar-refractivity contribution in [3.8, 4) is 0 Å². The largest absolute Gasteiger partial charge is 0.503 e. The Balaban J connectivity index is -0.0000000270. The van der Waals surface area contributed by atoms with Crippen molar-refractivity contribution in [3.63, 3.8) is 0 Å². The van der Waals surface area contributed by atoms with Crippen molar-refractivity contribution in [3.05, 3.63) is 0 Å². The molecule has 0 aromatic carbocycles. The summed E-state index contributed by atoms with van der Waals surface area (Å²) in [7, 11) is 0. The number of hydrogen-bond donors (Lipinski definition) is 6. The van der Waals surface area contributed by atoms with E-state index in [1.807, 2.05) is 0 Å². The summed E-state index contributed by atoms with van der Waals surface area (Å²) in [5, 5.41) is 41.8. The van der Waals surface area contributed by atoms with Crippen LogP contribution in [0.1, 0.15) is 0 Å². The fourth-order valence-electron chi connectivity index (χ4n) is 0. The van der Waals surface area contributed by atoms with Crippen LogP contribution < -0.4 is 0 Å². The zero-order chi connectivity index (χ0) is 10.7. The van der Waals surface area contributed by atoms with Gasteiger partial charge in [0.1, 0.15) is 0 Å². The van der Waals surface area contributed by atoms with Gasteiger partial charge in [0.2, 0.25) is 0 Å². The third-order valence-electron chi connectivity index (χ3n) is 0. The molecule has 0 amide bonds. The second-order valence-electron chi connectivity index (χ2n) is 0.848. The Bertz CT molecular complexity index is 116. The first-order valence-electron chi connectivity index (χ1n) is 1.95. The smallest absolute Gasteiger partial charge is 0.450 e. The molecule has 0 radical (unpaired) electrons. The molecule has 0 aliphatic carbocycles. The molecule has 0 unspecified atom stereocenters. The van der Waals surface area contributed by atoms with Crippen molar-refractivity contribution in [2.75, 3.05) is 0 Å². The number of carbonyl (C=O) groups is 3. The Morgan fingerprint density at radius 3 is 0.500 bits per heavy atom. The van der Waals surface area contributed by atoms with Crippen molar-refractivity contribution in [1.29, 1.82) is 0 Å². The van der Waals surface area contributed by atoms with E-state index in [-0.39, 0.29) is 93.8 Å². The van der Waals surface area contributed by atoms with Gasteiger partial charge < -0.3 is 30.6 Å². The van der Waals surface area contributed by atoms with Crippen LogP contribution in [-0.4, -0.2) is 49.1 Å². The summed E-state index contributed by atoms with van der Waals surface area (Å²) >= 11 is 0. The molecule has 9 nitrogen and oxygen atoms in total. The molecule has 0 bridgehead atoms. The minimum absolute atomic E-state index is 0. The molecule has 0 aliphatic heterocycles. The number of carboxylic acid groups (broad SMARTS) is 6. The summed E-state index contributed by atoms with van der Waals surface area (Å²) in [4.78, 5) is 25.7. The van der Waals surface area contributed by atoms with Gasteiger partial charge >= 0.3 is 18.5 Å². The summed E-state index contributed by atoms with van der Waals surface area (Å²) < 4.78 is 0. The van der Waals surface area contributed by atoms with Crippen LogP contribution in [-0.2, 0) is 0 Å². The van der Waals surface area contributed by atoms with E-state index in [2.05, 4.69) is 0 Å². The molecule has 0 saturated heterocycles. The minimum Gasteiger partial charge on any atom is -0.450 e.